The molecule has 18 nitrogen and oxygen atoms in total. The van der Waals surface area contributed by atoms with Gasteiger partial charge in [-0.05, 0) is 18.2 Å². The molecular weight excluding hydrogens is 630 g/mol. The normalized spacial score (nSPS) is 12.0. The number of amides is 1. The molecule has 0 aliphatic heterocycles. The third-order valence-electron chi connectivity index (χ3n) is 5.21. The molecule has 0 aliphatic carbocycles. The SMILES string of the molecule is CS(=O)(=O)c1nnc(-c2cc(NC(=O)CCOCCOCCOCCOCCC(=O)O)cc(-c3nnc(S(C)(=O)=O)o3)c2)o1. The van der Waals surface area contributed by atoms with Crippen molar-refractivity contribution < 1.29 is 59.3 Å². The van der Waals surface area contributed by atoms with Gasteiger partial charge in [-0.3, -0.25) is 9.59 Å². The molecule has 44 heavy (non-hydrogen) atoms. The Kier molecular flexibility index (Phi) is 12.8. The van der Waals surface area contributed by atoms with E-state index < -0.39 is 42.0 Å². The number of benzene rings is 1. The van der Waals surface area contributed by atoms with Crippen molar-refractivity contribution in [1.82, 2.24) is 20.4 Å². The van der Waals surface area contributed by atoms with Crippen LogP contribution in [0.1, 0.15) is 12.8 Å². The summed E-state index contributed by atoms with van der Waals surface area (Å²) in [7, 11) is -7.58. The maximum atomic E-state index is 12.6. The molecule has 0 aliphatic rings. The van der Waals surface area contributed by atoms with Gasteiger partial charge in [0.15, 0.2) is 0 Å². The number of ether oxygens (including phenoxy) is 4. The predicted molar refractivity (Wildman–Crippen MR) is 148 cm³/mol. The lowest BCUT2D eigenvalue weighted by atomic mass is 10.1. The lowest BCUT2D eigenvalue weighted by Gasteiger charge is -2.09. The number of aliphatic carboxylic acids is 1. The van der Waals surface area contributed by atoms with Gasteiger partial charge in [-0.25, -0.2) is 16.8 Å². The summed E-state index contributed by atoms with van der Waals surface area (Å²) in [5.74, 6) is -1.74. The van der Waals surface area contributed by atoms with Crippen LogP contribution in [0, 0.1) is 0 Å². The number of rotatable bonds is 20. The number of nitrogens with one attached hydrogen (secondary N) is 1. The Labute approximate surface area is 251 Å². The molecule has 0 spiro atoms. The van der Waals surface area contributed by atoms with Gasteiger partial charge in [0, 0.05) is 29.3 Å². The van der Waals surface area contributed by atoms with Crippen LogP contribution in [-0.4, -0.2) is 120 Å². The second-order valence-electron chi connectivity index (χ2n) is 8.98. The molecule has 3 aromatic rings. The third kappa shape index (κ3) is 11.7. The first-order chi connectivity index (χ1) is 20.8. The maximum Gasteiger partial charge on any atom is 0.335 e. The maximum absolute atomic E-state index is 12.6. The average Bonchev–Trinajstić information content (AvgIpc) is 3.64. The van der Waals surface area contributed by atoms with Crippen LogP contribution in [0.15, 0.2) is 37.5 Å². The van der Waals surface area contributed by atoms with Gasteiger partial charge in [0.1, 0.15) is 0 Å². The molecule has 2 N–H and O–H groups in total. The summed E-state index contributed by atoms with van der Waals surface area (Å²) in [6.07, 6.45) is 1.70. The highest BCUT2D eigenvalue weighted by Crippen LogP contribution is 2.30. The summed E-state index contributed by atoms with van der Waals surface area (Å²) in [6, 6.07) is 4.29. The monoisotopic (exact) mass is 661 g/mol. The molecular formula is C24H31N5O13S2. The van der Waals surface area contributed by atoms with Gasteiger partial charge in [-0.1, -0.05) is 10.2 Å². The molecule has 2 heterocycles. The van der Waals surface area contributed by atoms with E-state index in [0.717, 1.165) is 12.5 Å². The number of carboxylic acid groups (broad SMARTS) is 1. The molecule has 20 heteroatoms. The van der Waals surface area contributed by atoms with Gasteiger partial charge in [-0.2, -0.15) is 0 Å². The second kappa shape index (κ2) is 16.3. The van der Waals surface area contributed by atoms with Gasteiger partial charge in [0.2, 0.25) is 37.4 Å². The van der Waals surface area contributed by atoms with Crippen molar-refractivity contribution in [1.29, 1.82) is 0 Å². The van der Waals surface area contributed by atoms with Gasteiger partial charge in [-0.15, -0.1) is 10.2 Å². The first-order valence-corrected chi connectivity index (χ1v) is 16.7. The highest BCUT2D eigenvalue weighted by molar-refractivity contribution is 7.90. The number of carbonyl (C=O) groups excluding carboxylic acids is 1. The molecule has 0 radical (unpaired) electrons. The van der Waals surface area contributed by atoms with E-state index in [9.17, 15) is 26.4 Å². The number of carbonyl (C=O) groups is 2. The summed E-state index contributed by atoms with van der Waals surface area (Å²) in [4.78, 5) is 22.9. The quantitative estimate of drug-likeness (QED) is 0.156. The smallest absolute Gasteiger partial charge is 0.335 e. The van der Waals surface area contributed by atoms with E-state index in [4.69, 9.17) is 32.9 Å². The highest BCUT2D eigenvalue weighted by atomic mass is 32.2. The van der Waals surface area contributed by atoms with Gasteiger partial charge >= 0.3 is 16.4 Å². The molecule has 0 unspecified atom stereocenters. The van der Waals surface area contributed by atoms with Crippen LogP contribution < -0.4 is 5.32 Å². The van der Waals surface area contributed by atoms with Crippen molar-refractivity contribution in [2.24, 2.45) is 0 Å². The van der Waals surface area contributed by atoms with Crippen LogP contribution in [-0.2, 0) is 48.2 Å². The van der Waals surface area contributed by atoms with Gasteiger partial charge < -0.3 is 38.2 Å². The fourth-order valence-corrected chi connectivity index (χ4v) is 4.05. The first kappa shape index (κ1) is 34.7. The predicted octanol–water partition coefficient (Wildman–Crippen LogP) is 0.463. The van der Waals surface area contributed by atoms with Crippen LogP contribution >= 0.6 is 0 Å². The topological polar surface area (TPSA) is 249 Å². The summed E-state index contributed by atoms with van der Waals surface area (Å²) >= 11 is 0. The summed E-state index contributed by atoms with van der Waals surface area (Å²) in [6.45, 7) is 1.93. The van der Waals surface area contributed by atoms with E-state index in [-0.39, 0.29) is 74.5 Å². The minimum atomic E-state index is -3.79. The Hall–Kier alpha value is -3.82. The van der Waals surface area contributed by atoms with E-state index in [1.807, 2.05) is 0 Å². The molecule has 0 saturated carbocycles. The number of carboxylic acids is 1. The zero-order chi connectivity index (χ0) is 32.2. The first-order valence-electron chi connectivity index (χ1n) is 12.9. The molecule has 0 saturated heterocycles. The Morgan fingerprint density at radius 1 is 0.682 bits per heavy atom. The van der Waals surface area contributed by atoms with Crippen LogP contribution in [0.2, 0.25) is 0 Å². The van der Waals surface area contributed by atoms with E-state index in [2.05, 4.69) is 25.7 Å². The molecule has 242 valence electrons. The average molecular weight is 662 g/mol. The fourth-order valence-electron chi connectivity index (χ4n) is 3.21. The van der Waals surface area contributed by atoms with Crippen LogP contribution in [0.5, 0.6) is 0 Å². The van der Waals surface area contributed by atoms with E-state index in [0.29, 0.717) is 19.8 Å². The molecule has 3 rings (SSSR count). The van der Waals surface area contributed by atoms with Crippen molar-refractivity contribution in [2.75, 3.05) is 70.7 Å². The number of aromatic nitrogens is 4. The van der Waals surface area contributed by atoms with Gasteiger partial charge in [0.25, 0.3) is 0 Å². The van der Waals surface area contributed by atoms with E-state index >= 15 is 0 Å². The molecule has 1 aromatic carbocycles. The molecule has 2 aromatic heterocycles. The Balaban J connectivity index is 1.49. The Morgan fingerprint density at radius 2 is 1.09 bits per heavy atom. The minimum Gasteiger partial charge on any atom is -0.481 e. The van der Waals surface area contributed by atoms with Crippen molar-refractivity contribution in [3.05, 3.63) is 18.2 Å². The zero-order valence-corrected chi connectivity index (χ0v) is 25.4. The fraction of sp³-hybridized carbons (Fsp3) is 0.500. The number of hydrogen-bond acceptors (Lipinski definition) is 16. The van der Waals surface area contributed by atoms with E-state index in [1.165, 1.54) is 18.2 Å². The van der Waals surface area contributed by atoms with Crippen LogP contribution in [0.25, 0.3) is 22.9 Å². The van der Waals surface area contributed by atoms with E-state index in [1.54, 1.807) is 0 Å². The number of anilines is 1. The lowest BCUT2D eigenvalue weighted by Crippen LogP contribution is -2.16. The minimum absolute atomic E-state index is 0.0257. The number of sulfone groups is 2. The summed E-state index contributed by atoms with van der Waals surface area (Å²) in [5.41, 5.74) is 0.570. The van der Waals surface area contributed by atoms with Crippen molar-refractivity contribution >= 4 is 37.2 Å². The molecule has 0 fully saturated rings. The summed E-state index contributed by atoms with van der Waals surface area (Å²) in [5, 5.41) is 24.5. The van der Waals surface area contributed by atoms with Crippen LogP contribution in [0.3, 0.4) is 0 Å². The number of nitrogens with zero attached hydrogens (tertiary/aromatic N) is 4. The lowest BCUT2D eigenvalue weighted by molar-refractivity contribution is -0.138. The highest BCUT2D eigenvalue weighted by Gasteiger charge is 2.21. The molecule has 1 amide bonds. The molecule has 0 bridgehead atoms. The Morgan fingerprint density at radius 3 is 1.48 bits per heavy atom. The largest absolute Gasteiger partial charge is 0.481 e. The van der Waals surface area contributed by atoms with Crippen molar-refractivity contribution in [2.45, 2.75) is 23.3 Å². The Bertz CT molecular complexity index is 1530. The third-order valence-corrected chi connectivity index (χ3v) is 6.81. The standard InChI is InChI=1S/C24H31N5O13S2/c1-43(33,34)23-28-26-21(41-23)16-13-17(22-27-29-24(42-22)44(2,35)36)15-18(14-16)25-19(30)3-5-37-7-9-39-11-12-40-10-8-38-6-4-20(31)32/h13-15H,3-12H2,1-2H3,(H,25,30)(H,31,32). The second-order valence-corrected chi connectivity index (χ2v) is 12.8. The molecule has 0 atom stereocenters. The number of hydrogen-bond donors (Lipinski definition) is 2. The van der Waals surface area contributed by atoms with Crippen molar-refractivity contribution in [3.63, 3.8) is 0 Å². The van der Waals surface area contributed by atoms with Gasteiger partial charge in [0.05, 0.1) is 65.7 Å². The van der Waals surface area contributed by atoms with Crippen LogP contribution in [0.4, 0.5) is 5.69 Å². The van der Waals surface area contributed by atoms with Crippen molar-refractivity contribution in [3.8, 4) is 22.9 Å². The zero-order valence-electron chi connectivity index (χ0n) is 23.8. The summed E-state index contributed by atoms with van der Waals surface area (Å²) < 4.78 is 78.8.